The van der Waals surface area contributed by atoms with Crippen LogP contribution in [0.15, 0.2) is 59.6 Å². The molecular weight excluding hydrogens is 505 g/mol. The van der Waals surface area contributed by atoms with Gasteiger partial charge in [0.1, 0.15) is 4.90 Å². The summed E-state index contributed by atoms with van der Waals surface area (Å²) >= 11 is 5.93. The van der Waals surface area contributed by atoms with Crippen molar-refractivity contribution in [2.75, 3.05) is 13.1 Å². The van der Waals surface area contributed by atoms with E-state index in [9.17, 15) is 26.4 Å². The highest BCUT2D eigenvalue weighted by atomic mass is 35.5. The van der Waals surface area contributed by atoms with Crippen molar-refractivity contribution in [1.82, 2.24) is 19.4 Å². The van der Waals surface area contributed by atoms with E-state index in [1.165, 1.54) is 21.3 Å². The standard InChI is InChI=1S/C23H22ClF3N4O3S/c1-14-20(11-28-30(14)2)35(33,34)31-12-17(15-7-4-3-5-8-15)19(13-31)29-22(32)16-9-6-10-18(21(16)24)23(25,26)27/h3-11,17,19H,12-13H2,1-2H3,(H,29,32)/t17-,19+/m1/s1. The SMILES string of the molecule is Cc1c(S(=O)(=O)N2C[C@H](NC(=O)c3cccc(C(F)(F)F)c3Cl)[C@@H](c3ccccc3)C2)cnn1C. The molecule has 2 heterocycles. The Morgan fingerprint density at radius 3 is 2.40 bits per heavy atom. The van der Waals surface area contributed by atoms with E-state index in [1.807, 2.05) is 18.2 Å². The molecule has 0 saturated carbocycles. The number of carbonyl (C=O) groups excluding carboxylic acids is 1. The maximum atomic E-state index is 13.4. The minimum Gasteiger partial charge on any atom is -0.347 e. The average Bonchev–Trinajstić information content (AvgIpc) is 3.38. The van der Waals surface area contributed by atoms with Gasteiger partial charge in [0.15, 0.2) is 0 Å². The summed E-state index contributed by atoms with van der Waals surface area (Å²) in [5, 5.41) is 6.02. The predicted octanol–water partition coefficient (Wildman–Crippen LogP) is 3.99. The van der Waals surface area contributed by atoms with E-state index < -0.39 is 44.7 Å². The fourth-order valence-electron chi connectivity index (χ4n) is 4.19. The number of aromatic nitrogens is 2. The Labute approximate surface area is 205 Å². The zero-order valence-corrected chi connectivity index (χ0v) is 20.3. The summed E-state index contributed by atoms with van der Waals surface area (Å²) in [6.07, 6.45) is -3.45. The molecule has 12 heteroatoms. The predicted molar refractivity (Wildman–Crippen MR) is 124 cm³/mol. The molecule has 0 radical (unpaired) electrons. The third-order valence-electron chi connectivity index (χ3n) is 6.19. The second-order valence-corrected chi connectivity index (χ2v) is 10.6. The lowest BCUT2D eigenvalue weighted by Crippen LogP contribution is -2.40. The van der Waals surface area contributed by atoms with E-state index >= 15 is 0 Å². The molecule has 1 aromatic heterocycles. The second kappa shape index (κ2) is 9.29. The van der Waals surface area contributed by atoms with Crippen LogP contribution in [0.5, 0.6) is 0 Å². The van der Waals surface area contributed by atoms with Gasteiger partial charge in [0.2, 0.25) is 10.0 Å². The van der Waals surface area contributed by atoms with Crippen LogP contribution in [0.3, 0.4) is 0 Å². The molecule has 0 unspecified atom stereocenters. The van der Waals surface area contributed by atoms with Crippen molar-refractivity contribution in [3.63, 3.8) is 0 Å². The van der Waals surface area contributed by atoms with Crippen LogP contribution >= 0.6 is 11.6 Å². The van der Waals surface area contributed by atoms with Gasteiger partial charge in [-0.05, 0) is 24.6 Å². The van der Waals surface area contributed by atoms with Gasteiger partial charge in [0.05, 0.1) is 34.1 Å². The Kier molecular flexibility index (Phi) is 6.69. The van der Waals surface area contributed by atoms with E-state index in [2.05, 4.69) is 10.4 Å². The third-order valence-corrected chi connectivity index (χ3v) is 8.53. The molecule has 0 bridgehead atoms. The smallest absolute Gasteiger partial charge is 0.347 e. The van der Waals surface area contributed by atoms with E-state index in [-0.39, 0.29) is 23.5 Å². The molecule has 3 aromatic rings. The quantitative estimate of drug-likeness (QED) is 0.545. The molecule has 1 amide bonds. The Morgan fingerprint density at radius 2 is 1.80 bits per heavy atom. The summed E-state index contributed by atoms with van der Waals surface area (Å²) in [4.78, 5) is 13.1. The van der Waals surface area contributed by atoms with E-state index in [1.54, 1.807) is 26.1 Å². The number of carbonyl (C=O) groups is 1. The number of aryl methyl sites for hydroxylation is 1. The summed E-state index contributed by atoms with van der Waals surface area (Å²) in [6.45, 7) is 1.64. The summed E-state index contributed by atoms with van der Waals surface area (Å²) in [7, 11) is -2.30. The fourth-order valence-corrected chi connectivity index (χ4v) is 6.19. The highest BCUT2D eigenvalue weighted by Gasteiger charge is 2.42. The van der Waals surface area contributed by atoms with Gasteiger partial charge in [0, 0.05) is 26.1 Å². The maximum absolute atomic E-state index is 13.4. The fraction of sp³-hybridized carbons (Fsp3) is 0.304. The molecule has 4 rings (SSSR count). The number of sulfonamides is 1. The lowest BCUT2D eigenvalue weighted by atomic mass is 9.94. The van der Waals surface area contributed by atoms with Crippen LogP contribution < -0.4 is 5.32 Å². The molecule has 186 valence electrons. The number of halogens is 4. The summed E-state index contributed by atoms with van der Waals surface area (Å²) in [5.74, 6) is -1.25. The topological polar surface area (TPSA) is 84.3 Å². The van der Waals surface area contributed by atoms with Gasteiger partial charge < -0.3 is 5.32 Å². The number of nitrogens with one attached hydrogen (secondary N) is 1. The Balaban J connectivity index is 1.66. The van der Waals surface area contributed by atoms with E-state index in [0.717, 1.165) is 17.7 Å². The molecule has 35 heavy (non-hydrogen) atoms. The number of hydrogen-bond acceptors (Lipinski definition) is 4. The van der Waals surface area contributed by atoms with Crippen LogP contribution in [0.4, 0.5) is 13.2 Å². The zero-order chi connectivity index (χ0) is 25.5. The first-order chi connectivity index (χ1) is 16.4. The number of nitrogens with zero attached hydrogens (tertiary/aromatic N) is 3. The summed E-state index contributed by atoms with van der Waals surface area (Å²) in [6, 6.07) is 11.4. The first-order valence-corrected chi connectivity index (χ1v) is 12.4. The van der Waals surface area contributed by atoms with Crippen LogP contribution in [-0.4, -0.2) is 47.5 Å². The monoisotopic (exact) mass is 526 g/mol. The van der Waals surface area contributed by atoms with Crippen LogP contribution in [0.1, 0.15) is 33.1 Å². The van der Waals surface area contributed by atoms with Crippen molar-refractivity contribution in [3.05, 3.63) is 82.1 Å². The van der Waals surface area contributed by atoms with Crippen molar-refractivity contribution in [1.29, 1.82) is 0 Å². The molecule has 0 spiro atoms. The lowest BCUT2D eigenvalue weighted by Gasteiger charge is -2.21. The third kappa shape index (κ3) is 4.80. The van der Waals surface area contributed by atoms with Gasteiger partial charge in [-0.1, -0.05) is 48.0 Å². The van der Waals surface area contributed by atoms with Crippen LogP contribution in [0.25, 0.3) is 0 Å². The van der Waals surface area contributed by atoms with E-state index in [0.29, 0.717) is 5.69 Å². The molecule has 7 nitrogen and oxygen atoms in total. The molecule has 1 aliphatic rings. The Morgan fingerprint density at radius 1 is 1.11 bits per heavy atom. The highest BCUT2D eigenvalue weighted by Crippen LogP contribution is 2.37. The Bertz CT molecular complexity index is 1360. The van der Waals surface area contributed by atoms with Crippen LogP contribution in [-0.2, 0) is 23.2 Å². The van der Waals surface area contributed by atoms with Gasteiger partial charge >= 0.3 is 6.18 Å². The molecule has 1 aliphatic heterocycles. The van der Waals surface area contributed by atoms with Gasteiger partial charge in [-0.2, -0.15) is 22.6 Å². The first kappa shape index (κ1) is 25.2. The van der Waals surface area contributed by atoms with Gasteiger partial charge in [0.25, 0.3) is 5.91 Å². The molecule has 2 aromatic carbocycles. The number of rotatable bonds is 5. The molecule has 1 fully saturated rings. The molecule has 0 aliphatic carbocycles. The number of benzene rings is 2. The van der Waals surface area contributed by atoms with Crippen LogP contribution in [0.2, 0.25) is 5.02 Å². The Hall–Kier alpha value is -2.89. The minimum absolute atomic E-state index is 0.0553. The second-order valence-electron chi connectivity index (χ2n) is 8.30. The lowest BCUT2D eigenvalue weighted by molar-refractivity contribution is -0.137. The van der Waals surface area contributed by atoms with Crippen LogP contribution in [0, 0.1) is 6.92 Å². The summed E-state index contributed by atoms with van der Waals surface area (Å²) in [5.41, 5.74) is -0.204. The van der Waals surface area contributed by atoms with Crippen molar-refractivity contribution < 1.29 is 26.4 Å². The number of amides is 1. The van der Waals surface area contributed by atoms with Gasteiger partial charge in [-0.25, -0.2) is 8.42 Å². The van der Waals surface area contributed by atoms with Crippen molar-refractivity contribution >= 4 is 27.5 Å². The molecule has 1 saturated heterocycles. The molecule has 2 atom stereocenters. The summed E-state index contributed by atoms with van der Waals surface area (Å²) < 4.78 is 69.2. The highest BCUT2D eigenvalue weighted by molar-refractivity contribution is 7.89. The first-order valence-electron chi connectivity index (χ1n) is 10.6. The average molecular weight is 527 g/mol. The molecule has 1 N–H and O–H groups in total. The van der Waals surface area contributed by atoms with Gasteiger partial charge in [-0.15, -0.1) is 0 Å². The number of hydrogen-bond donors (Lipinski definition) is 1. The minimum atomic E-state index is -4.72. The van der Waals surface area contributed by atoms with E-state index in [4.69, 9.17) is 11.6 Å². The maximum Gasteiger partial charge on any atom is 0.417 e. The largest absolute Gasteiger partial charge is 0.417 e. The van der Waals surface area contributed by atoms with Crippen molar-refractivity contribution in [2.45, 2.75) is 30.0 Å². The van der Waals surface area contributed by atoms with Crippen molar-refractivity contribution in [2.24, 2.45) is 7.05 Å². The zero-order valence-electron chi connectivity index (χ0n) is 18.8. The van der Waals surface area contributed by atoms with Gasteiger partial charge in [-0.3, -0.25) is 9.48 Å². The number of alkyl halides is 3. The molecular formula is C23H22ClF3N4O3S. The van der Waals surface area contributed by atoms with Crippen molar-refractivity contribution in [3.8, 4) is 0 Å². The normalized spacial score (nSPS) is 19.1.